The molecule has 1 aromatic carbocycles. The Hall–Kier alpha value is -2.47. The molecule has 3 aromatic rings. The van der Waals surface area contributed by atoms with Gasteiger partial charge in [0.1, 0.15) is 16.4 Å². The standard InChI is InChI=1S/C20H23N3O2S/c1-11-6-7-16(25-5)15(10-11)8-9-21-19(24)18-12(2)17-13(3)22-14(4)23-20(17)26-18/h6-7,10H,8-9H2,1-5H3,(H,21,24). The van der Waals surface area contributed by atoms with Gasteiger partial charge in [0.15, 0.2) is 0 Å². The molecule has 0 aliphatic carbocycles. The first kappa shape index (κ1) is 18.3. The lowest BCUT2D eigenvalue weighted by atomic mass is 10.1. The molecule has 1 N–H and O–H groups in total. The Labute approximate surface area is 157 Å². The summed E-state index contributed by atoms with van der Waals surface area (Å²) in [5.74, 6) is 1.52. The third kappa shape index (κ3) is 3.55. The van der Waals surface area contributed by atoms with Crippen molar-refractivity contribution in [3.63, 3.8) is 0 Å². The predicted octanol–water partition coefficient (Wildman–Crippen LogP) is 3.91. The molecule has 26 heavy (non-hydrogen) atoms. The zero-order valence-electron chi connectivity index (χ0n) is 15.8. The van der Waals surface area contributed by atoms with Crippen LogP contribution in [-0.2, 0) is 6.42 Å². The molecule has 5 nitrogen and oxygen atoms in total. The molecule has 0 saturated heterocycles. The van der Waals surface area contributed by atoms with E-state index in [-0.39, 0.29) is 5.91 Å². The molecule has 2 aromatic heterocycles. The van der Waals surface area contributed by atoms with Gasteiger partial charge in [0, 0.05) is 17.6 Å². The highest BCUT2D eigenvalue weighted by molar-refractivity contribution is 7.20. The largest absolute Gasteiger partial charge is 0.496 e. The number of rotatable bonds is 5. The first-order chi connectivity index (χ1) is 12.4. The van der Waals surface area contributed by atoms with Crippen LogP contribution in [0.15, 0.2) is 18.2 Å². The van der Waals surface area contributed by atoms with E-state index in [0.717, 1.165) is 45.0 Å². The van der Waals surface area contributed by atoms with Crippen molar-refractivity contribution in [1.29, 1.82) is 0 Å². The van der Waals surface area contributed by atoms with Crippen molar-refractivity contribution >= 4 is 27.5 Å². The SMILES string of the molecule is COc1ccc(C)cc1CCNC(=O)c1sc2nc(C)nc(C)c2c1C. The summed E-state index contributed by atoms with van der Waals surface area (Å²) in [4.78, 5) is 23.1. The van der Waals surface area contributed by atoms with Crippen LogP contribution in [0, 0.1) is 27.7 Å². The number of hydrogen-bond donors (Lipinski definition) is 1. The number of carbonyl (C=O) groups is 1. The first-order valence-electron chi connectivity index (χ1n) is 8.56. The number of carbonyl (C=O) groups excluding carboxylic acids is 1. The molecule has 0 aliphatic rings. The van der Waals surface area contributed by atoms with Crippen molar-refractivity contribution in [3.05, 3.63) is 51.3 Å². The number of benzene rings is 1. The highest BCUT2D eigenvalue weighted by Crippen LogP contribution is 2.31. The molecule has 0 atom stereocenters. The van der Waals surface area contributed by atoms with Crippen LogP contribution >= 0.6 is 11.3 Å². The van der Waals surface area contributed by atoms with E-state index in [2.05, 4.69) is 21.4 Å². The minimum atomic E-state index is -0.0610. The molecule has 0 spiro atoms. The molecule has 1 amide bonds. The number of aromatic nitrogens is 2. The van der Waals surface area contributed by atoms with Crippen LogP contribution in [0.5, 0.6) is 5.75 Å². The molecular weight excluding hydrogens is 346 g/mol. The van der Waals surface area contributed by atoms with E-state index < -0.39 is 0 Å². The third-order valence-corrected chi connectivity index (χ3v) is 5.59. The molecule has 0 aliphatic heterocycles. The van der Waals surface area contributed by atoms with Gasteiger partial charge in [-0.15, -0.1) is 11.3 Å². The van der Waals surface area contributed by atoms with Gasteiger partial charge < -0.3 is 10.1 Å². The van der Waals surface area contributed by atoms with Gasteiger partial charge in [0.25, 0.3) is 5.91 Å². The van der Waals surface area contributed by atoms with Gasteiger partial charge in [-0.1, -0.05) is 17.7 Å². The predicted molar refractivity (Wildman–Crippen MR) is 105 cm³/mol. The van der Waals surface area contributed by atoms with Gasteiger partial charge >= 0.3 is 0 Å². The van der Waals surface area contributed by atoms with Crippen LogP contribution in [-0.4, -0.2) is 29.5 Å². The second-order valence-electron chi connectivity index (χ2n) is 6.41. The molecule has 0 unspecified atom stereocenters. The summed E-state index contributed by atoms with van der Waals surface area (Å²) in [6.45, 7) is 8.39. The van der Waals surface area contributed by atoms with Gasteiger partial charge in [-0.05, 0) is 51.3 Å². The van der Waals surface area contributed by atoms with E-state index in [1.165, 1.54) is 16.9 Å². The van der Waals surface area contributed by atoms with Gasteiger partial charge in [0.05, 0.1) is 12.0 Å². The smallest absolute Gasteiger partial charge is 0.261 e. The van der Waals surface area contributed by atoms with E-state index in [0.29, 0.717) is 11.4 Å². The van der Waals surface area contributed by atoms with Crippen LogP contribution in [0.2, 0.25) is 0 Å². The van der Waals surface area contributed by atoms with Crippen LogP contribution in [0.1, 0.15) is 37.9 Å². The van der Waals surface area contributed by atoms with Crippen LogP contribution < -0.4 is 10.1 Å². The number of thiophene rings is 1. The van der Waals surface area contributed by atoms with Crippen molar-refractivity contribution in [2.24, 2.45) is 0 Å². The molecule has 0 fully saturated rings. The van der Waals surface area contributed by atoms with Crippen LogP contribution in [0.3, 0.4) is 0 Å². The van der Waals surface area contributed by atoms with E-state index in [4.69, 9.17) is 4.74 Å². The lowest BCUT2D eigenvalue weighted by Gasteiger charge is -2.10. The number of nitrogens with zero attached hydrogens (tertiary/aromatic N) is 2. The maximum Gasteiger partial charge on any atom is 0.261 e. The second-order valence-corrected chi connectivity index (χ2v) is 7.41. The third-order valence-electron chi connectivity index (χ3n) is 4.40. The maximum atomic E-state index is 12.7. The molecule has 0 saturated carbocycles. The topological polar surface area (TPSA) is 64.1 Å². The highest BCUT2D eigenvalue weighted by Gasteiger charge is 2.18. The Morgan fingerprint density at radius 1 is 1.19 bits per heavy atom. The number of hydrogen-bond acceptors (Lipinski definition) is 5. The van der Waals surface area contributed by atoms with Gasteiger partial charge in [0.2, 0.25) is 0 Å². The fourth-order valence-corrected chi connectivity index (χ4v) is 4.38. The van der Waals surface area contributed by atoms with Crippen molar-refractivity contribution in [1.82, 2.24) is 15.3 Å². The Balaban J connectivity index is 1.75. The van der Waals surface area contributed by atoms with E-state index in [1.807, 2.05) is 39.8 Å². The number of nitrogens with one attached hydrogen (secondary N) is 1. The normalized spacial score (nSPS) is 11.0. The summed E-state index contributed by atoms with van der Waals surface area (Å²) < 4.78 is 5.40. The minimum Gasteiger partial charge on any atom is -0.496 e. The summed E-state index contributed by atoms with van der Waals surface area (Å²) in [6, 6.07) is 6.08. The first-order valence-corrected chi connectivity index (χ1v) is 9.38. The molecule has 0 bridgehead atoms. The average Bonchev–Trinajstić information content (AvgIpc) is 2.91. The molecular formula is C20H23N3O2S. The minimum absolute atomic E-state index is 0.0610. The van der Waals surface area contributed by atoms with E-state index in [1.54, 1.807) is 7.11 Å². The number of methoxy groups -OCH3 is 1. The molecule has 136 valence electrons. The Morgan fingerprint density at radius 3 is 2.69 bits per heavy atom. The zero-order chi connectivity index (χ0) is 18.8. The van der Waals surface area contributed by atoms with Crippen molar-refractivity contribution in [2.75, 3.05) is 13.7 Å². The quantitative estimate of drug-likeness (QED) is 0.741. The van der Waals surface area contributed by atoms with E-state index >= 15 is 0 Å². The van der Waals surface area contributed by atoms with Gasteiger partial charge in [-0.2, -0.15) is 0 Å². The Kier molecular flexibility index (Phi) is 5.23. The van der Waals surface area contributed by atoms with Crippen molar-refractivity contribution in [2.45, 2.75) is 34.1 Å². The number of fused-ring (bicyclic) bond motifs is 1. The monoisotopic (exact) mass is 369 g/mol. The van der Waals surface area contributed by atoms with E-state index in [9.17, 15) is 4.79 Å². The van der Waals surface area contributed by atoms with Crippen LogP contribution in [0.25, 0.3) is 10.2 Å². The highest BCUT2D eigenvalue weighted by atomic mass is 32.1. The fraction of sp³-hybridized carbons (Fsp3) is 0.350. The van der Waals surface area contributed by atoms with Gasteiger partial charge in [-0.25, -0.2) is 9.97 Å². The summed E-state index contributed by atoms with van der Waals surface area (Å²) in [5.41, 5.74) is 4.15. The second kappa shape index (κ2) is 7.41. The maximum absolute atomic E-state index is 12.7. The Bertz CT molecular complexity index is 979. The van der Waals surface area contributed by atoms with Crippen molar-refractivity contribution in [3.8, 4) is 5.75 Å². The lowest BCUT2D eigenvalue weighted by molar-refractivity contribution is 0.0957. The summed E-state index contributed by atoms with van der Waals surface area (Å²) in [5, 5.41) is 4.01. The number of amides is 1. The lowest BCUT2D eigenvalue weighted by Crippen LogP contribution is -2.25. The average molecular weight is 369 g/mol. The number of ether oxygens (including phenoxy) is 1. The molecule has 2 heterocycles. The Morgan fingerprint density at radius 2 is 1.96 bits per heavy atom. The number of aryl methyl sites for hydroxylation is 4. The molecule has 0 radical (unpaired) electrons. The molecule has 3 rings (SSSR count). The summed E-state index contributed by atoms with van der Waals surface area (Å²) in [7, 11) is 1.67. The van der Waals surface area contributed by atoms with Gasteiger partial charge in [-0.3, -0.25) is 4.79 Å². The van der Waals surface area contributed by atoms with Crippen LogP contribution in [0.4, 0.5) is 0 Å². The van der Waals surface area contributed by atoms with Crippen molar-refractivity contribution < 1.29 is 9.53 Å². The fourth-order valence-electron chi connectivity index (χ4n) is 3.18. The summed E-state index contributed by atoms with van der Waals surface area (Å²) in [6.07, 6.45) is 0.721. The zero-order valence-corrected chi connectivity index (χ0v) is 16.6. The molecule has 6 heteroatoms. The summed E-state index contributed by atoms with van der Waals surface area (Å²) >= 11 is 1.43.